The molecule has 1 aromatic heterocycles. The van der Waals surface area contributed by atoms with Crippen molar-refractivity contribution in [2.75, 3.05) is 19.8 Å². The Balaban J connectivity index is 1.70. The summed E-state index contributed by atoms with van der Waals surface area (Å²) < 4.78 is 5.08. The molecule has 112 valence electrons. The maximum Gasteiger partial charge on any atom is 0.228 e. The zero-order chi connectivity index (χ0) is 14.4. The second-order valence-electron chi connectivity index (χ2n) is 5.00. The third kappa shape index (κ3) is 4.40. The predicted octanol–water partition coefficient (Wildman–Crippen LogP) is 1.37. The van der Waals surface area contributed by atoms with Crippen molar-refractivity contribution in [1.82, 2.24) is 20.8 Å². The van der Waals surface area contributed by atoms with Gasteiger partial charge in [0.2, 0.25) is 5.89 Å². The van der Waals surface area contributed by atoms with E-state index in [0.29, 0.717) is 24.2 Å². The van der Waals surface area contributed by atoms with Gasteiger partial charge in [0, 0.05) is 31.3 Å². The van der Waals surface area contributed by atoms with Crippen LogP contribution in [-0.4, -0.2) is 47.2 Å². The highest BCUT2D eigenvalue weighted by atomic mass is 32.2. The molecule has 20 heavy (non-hydrogen) atoms. The van der Waals surface area contributed by atoms with Crippen molar-refractivity contribution in [2.45, 2.75) is 43.9 Å². The molecule has 0 aromatic carbocycles. The van der Waals surface area contributed by atoms with Gasteiger partial charge < -0.3 is 15.2 Å². The molecule has 2 atom stereocenters. The minimum atomic E-state index is 0.532. The van der Waals surface area contributed by atoms with E-state index in [9.17, 15) is 0 Å². The van der Waals surface area contributed by atoms with Crippen LogP contribution in [0.15, 0.2) is 9.52 Å². The molecular formula is C13H23N5OS. The van der Waals surface area contributed by atoms with E-state index in [1.54, 1.807) is 7.05 Å². The zero-order valence-electron chi connectivity index (χ0n) is 12.3. The van der Waals surface area contributed by atoms with Crippen LogP contribution in [0.2, 0.25) is 0 Å². The summed E-state index contributed by atoms with van der Waals surface area (Å²) in [5.74, 6) is 2.19. The molecule has 1 aliphatic carbocycles. The lowest BCUT2D eigenvalue weighted by Crippen LogP contribution is -2.43. The first kappa shape index (κ1) is 15.2. The van der Waals surface area contributed by atoms with Gasteiger partial charge in [-0.05, 0) is 32.4 Å². The van der Waals surface area contributed by atoms with E-state index in [-0.39, 0.29) is 0 Å². The Kier molecular flexibility index (Phi) is 5.70. The van der Waals surface area contributed by atoms with E-state index < -0.39 is 0 Å². The first-order valence-electron chi connectivity index (χ1n) is 7.00. The highest BCUT2D eigenvalue weighted by molar-refractivity contribution is 7.99. The molecule has 0 aliphatic heterocycles. The second kappa shape index (κ2) is 7.52. The normalized spacial score (nSPS) is 23.1. The molecular weight excluding hydrogens is 274 g/mol. The van der Waals surface area contributed by atoms with Gasteiger partial charge >= 0.3 is 0 Å². The van der Waals surface area contributed by atoms with E-state index in [0.717, 1.165) is 17.8 Å². The molecule has 1 heterocycles. The highest BCUT2D eigenvalue weighted by Gasteiger charge is 2.24. The summed E-state index contributed by atoms with van der Waals surface area (Å²) in [4.78, 5) is 8.44. The Morgan fingerprint density at radius 2 is 2.35 bits per heavy atom. The number of aromatic nitrogens is 2. The Morgan fingerprint density at radius 3 is 2.95 bits per heavy atom. The molecule has 1 fully saturated rings. The monoisotopic (exact) mass is 297 g/mol. The molecule has 1 saturated carbocycles. The Hall–Kier alpha value is -1.24. The fourth-order valence-corrected chi connectivity index (χ4v) is 3.20. The predicted molar refractivity (Wildman–Crippen MR) is 82.2 cm³/mol. The lowest BCUT2D eigenvalue weighted by molar-refractivity contribution is 0.374. The molecule has 0 radical (unpaired) electrons. The highest BCUT2D eigenvalue weighted by Crippen LogP contribution is 2.27. The summed E-state index contributed by atoms with van der Waals surface area (Å²) in [5.41, 5.74) is 0. The first-order valence-corrected chi connectivity index (χ1v) is 8.29. The minimum Gasteiger partial charge on any atom is -0.356 e. The number of thioether (sulfide) groups is 1. The molecule has 6 nitrogen and oxygen atoms in total. The number of nitrogens with one attached hydrogen (secondary N) is 2. The van der Waals surface area contributed by atoms with Crippen LogP contribution in [0, 0.1) is 6.92 Å². The van der Waals surface area contributed by atoms with Crippen LogP contribution in [0.4, 0.5) is 0 Å². The van der Waals surface area contributed by atoms with E-state index in [4.69, 9.17) is 4.52 Å². The fraction of sp³-hybridized carbons (Fsp3) is 0.769. The van der Waals surface area contributed by atoms with Gasteiger partial charge in [0.15, 0.2) is 11.8 Å². The lowest BCUT2D eigenvalue weighted by atomic mass is 10.2. The topological polar surface area (TPSA) is 75.3 Å². The van der Waals surface area contributed by atoms with Crippen molar-refractivity contribution in [3.8, 4) is 0 Å². The van der Waals surface area contributed by atoms with Crippen molar-refractivity contribution >= 4 is 17.7 Å². The van der Waals surface area contributed by atoms with E-state index in [2.05, 4.69) is 32.0 Å². The van der Waals surface area contributed by atoms with Crippen molar-refractivity contribution < 1.29 is 4.52 Å². The summed E-state index contributed by atoms with van der Waals surface area (Å²) in [7, 11) is 1.80. The zero-order valence-corrected chi connectivity index (χ0v) is 13.2. The SMILES string of the molecule is CN=C(NCCc1nc(C)no1)NC1CCC(SC)C1. The van der Waals surface area contributed by atoms with Gasteiger partial charge in [-0.25, -0.2) is 0 Å². The smallest absolute Gasteiger partial charge is 0.228 e. The van der Waals surface area contributed by atoms with Gasteiger partial charge in [-0.15, -0.1) is 0 Å². The Labute approximate surface area is 124 Å². The van der Waals surface area contributed by atoms with E-state index in [1.165, 1.54) is 19.3 Å². The van der Waals surface area contributed by atoms with Gasteiger partial charge in [0.25, 0.3) is 0 Å². The average molecular weight is 297 g/mol. The minimum absolute atomic E-state index is 0.532. The quantitative estimate of drug-likeness (QED) is 0.631. The molecule has 0 amide bonds. The number of aryl methyl sites for hydroxylation is 1. The van der Waals surface area contributed by atoms with Crippen LogP contribution >= 0.6 is 11.8 Å². The van der Waals surface area contributed by atoms with Crippen LogP contribution in [0.25, 0.3) is 0 Å². The number of hydrogen-bond acceptors (Lipinski definition) is 5. The largest absolute Gasteiger partial charge is 0.356 e. The van der Waals surface area contributed by atoms with Crippen LogP contribution in [0.3, 0.4) is 0 Å². The molecule has 7 heteroatoms. The summed E-state index contributed by atoms with van der Waals surface area (Å²) in [6.07, 6.45) is 6.61. The maximum atomic E-state index is 5.08. The Morgan fingerprint density at radius 1 is 1.50 bits per heavy atom. The number of rotatable bonds is 5. The van der Waals surface area contributed by atoms with Crippen LogP contribution in [0.1, 0.15) is 31.0 Å². The number of guanidine groups is 1. The molecule has 2 unspecified atom stereocenters. The summed E-state index contributed by atoms with van der Waals surface area (Å²) in [5, 5.41) is 11.3. The molecule has 0 spiro atoms. The number of aliphatic imine (C=N–C) groups is 1. The fourth-order valence-electron chi connectivity index (χ4n) is 2.40. The summed E-state index contributed by atoms with van der Waals surface area (Å²) in [6, 6.07) is 0.532. The van der Waals surface area contributed by atoms with Crippen molar-refractivity contribution in [3.05, 3.63) is 11.7 Å². The van der Waals surface area contributed by atoms with Gasteiger partial charge in [-0.2, -0.15) is 16.7 Å². The van der Waals surface area contributed by atoms with Gasteiger partial charge in [0.05, 0.1) is 0 Å². The van der Waals surface area contributed by atoms with Crippen molar-refractivity contribution in [3.63, 3.8) is 0 Å². The third-order valence-corrected chi connectivity index (χ3v) is 4.58. The second-order valence-corrected chi connectivity index (χ2v) is 6.13. The number of hydrogen-bond donors (Lipinski definition) is 2. The molecule has 1 aromatic rings. The molecule has 1 aliphatic rings. The van der Waals surface area contributed by atoms with Crippen LogP contribution in [-0.2, 0) is 6.42 Å². The average Bonchev–Trinajstić information content (AvgIpc) is 3.06. The summed E-state index contributed by atoms with van der Waals surface area (Å²) in [6.45, 7) is 2.56. The van der Waals surface area contributed by atoms with E-state index in [1.807, 2.05) is 18.7 Å². The van der Waals surface area contributed by atoms with Crippen molar-refractivity contribution in [2.24, 2.45) is 4.99 Å². The maximum absolute atomic E-state index is 5.08. The molecule has 0 bridgehead atoms. The van der Waals surface area contributed by atoms with Crippen LogP contribution < -0.4 is 10.6 Å². The Bertz CT molecular complexity index is 448. The lowest BCUT2D eigenvalue weighted by Gasteiger charge is -2.16. The molecule has 2 rings (SSSR count). The first-order chi connectivity index (χ1) is 9.71. The van der Waals surface area contributed by atoms with Gasteiger partial charge in [0.1, 0.15) is 0 Å². The van der Waals surface area contributed by atoms with E-state index >= 15 is 0 Å². The third-order valence-electron chi connectivity index (χ3n) is 3.48. The molecule has 2 N–H and O–H groups in total. The standard InChI is InChI=1S/C13H23N5OS/c1-9-16-12(19-18-9)6-7-15-13(14-2)17-10-4-5-11(8-10)20-3/h10-11H,4-8H2,1-3H3,(H2,14,15,17). The number of nitrogens with zero attached hydrogens (tertiary/aromatic N) is 3. The van der Waals surface area contributed by atoms with Crippen molar-refractivity contribution in [1.29, 1.82) is 0 Å². The van der Waals surface area contributed by atoms with Crippen LogP contribution in [0.5, 0.6) is 0 Å². The van der Waals surface area contributed by atoms with Gasteiger partial charge in [-0.3, -0.25) is 4.99 Å². The summed E-state index contributed by atoms with van der Waals surface area (Å²) >= 11 is 1.96. The van der Waals surface area contributed by atoms with Gasteiger partial charge in [-0.1, -0.05) is 5.16 Å². The molecule has 0 saturated heterocycles.